The molecule has 2 aliphatic carbocycles. The topological polar surface area (TPSA) is 26.0 Å². The first-order valence-electron chi connectivity index (χ1n) is 4.02. The van der Waals surface area contributed by atoms with Gasteiger partial charge in [0.05, 0.1) is 0 Å². The SMILES string of the molecule is NC1=CC(C2CCC2)=CC1. The largest absolute Gasteiger partial charge is 0.402 e. The van der Waals surface area contributed by atoms with Gasteiger partial charge >= 0.3 is 0 Å². The summed E-state index contributed by atoms with van der Waals surface area (Å²) in [4.78, 5) is 0. The van der Waals surface area contributed by atoms with Gasteiger partial charge in [0.2, 0.25) is 0 Å². The first-order chi connectivity index (χ1) is 4.86. The summed E-state index contributed by atoms with van der Waals surface area (Å²) in [5.74, 6) is 0.862. The van der Waals surface area contributed by atoms with Crippen LogP contribution in [0.1, 0.15) is 25.7 Å². The molecule has 1 heteroatoms. The molecule has 0 aliphatic heterocycles. The van der Waals surface area contributed by atoms with Gasteiger partial charge in [-0.25, -0.2) is 0 Å². The molecular formula is C9H13N. The maximum Gasteiger partial charge on any atom is 0.0122 e. The van der Waals surface area contributed by atoms with Gasteiger partial charge in [-0.3, -0.25) is 0 Å². The average molecular weight is 135 g/mol. The standard InChI is InChI=1S/C9H13N/c10-9-5-4-8(6-9)7-2-1-3-7/h4,6-7H,1-3,5,10H2. The minimum atomic E-state index is 0.862. The van der Waals surface area contributed by atoms with Gasteiger partial charge in [0.1, 0.15) is 0 Å². The second-order valence-electron chi connectivity index (χ2n) is 3.26. The zero-order chi connectivity index (χ0) is 6.97. The fourth-order valence-electron chi connectivity index (χ4n) is 1.59. The van der Waals surface area contributed by atoms with E-state index >= 15 is 0 Å². The molecule has 0 spiro atoms. The Balaban J connectivity index is 2.05. The van der Waals surface area contributed by atoms with E-state index in [2.05, 4.69) is 12.2 Å². The molecule has 0 heterocycles. The molecule has 0 aromatic carbocycles. The summed E-state index contributed by atoms with van der Waals surface area (Å²) in [5.41, 5.74) is 8.20. The smallest absolute Gasteiger partial charge is 0.0122 e. The zero-order valence-electron chi connectivity index (χ0n) is 6.14. The number of allylic oxidation sites excluding steroid dienone is 3. The Bertz CT molecular complexity index is 197. The molecule has 0 unspecified atom stereocenters. The van der Waals surface area contributed by atoms with Crippen molar-refractivity contribution >= 4 is 0 Å². The lowest BCUT2D eigenvalue weighted by atomic mass is 9.80. The maximum absolute atomic E-state index is 5.65. The molecular weight excluding hydrogens is 122 g/mol. The summed E-state index contributed by atoms with van der Waals surface area (Å²) >= 11 is 0. The highest BCUT2D eigenvalue weighted by atomic mass is 14.6. The fourth-order valence-corrected chi connectivity index (χ4v) is 1.59. The predicted octanol–water partition coefficient (Wildman–Crippen LogP) is 1.96. The monoisotopic (exact) mass is 135 g/mol. The van der Waals surface area contributed by atoms with Crippen LogP contribution in [0.2, 0.25) is 0 Å². The first-order valence-corrected chi connectivity index (χ1v) is 4.02. The highest BCUT2D eigenvalue weighted by molar-refractivity contribution is 5.33. The quantitative estimate of drug-likeness (QED) is 0.584. The van der Waals surface area contributed by atoms with Gasteiger partial charge in [-0.2, -0.15) is 0 Å². The molecule has 2 aliphatic rings. The molecule has 0 radical (unpaired) electrons. The van der Waals surface area contributed by atoms with E-state index in [9.17, 15) is 0 Å². The minimum Gasteiger partial charge on any atom is -0.402 e. The van der Waals surface area contributed by atoms with Crippen molar-refractivity contribution in [3.63, 3.8) is 0 Å². The molecule has 54 valence electrons. The van der Waals surface area contributed by atoms with E-state index in [1.807, 2.05) is 0 Å². The van der Waals surface area contributed by atoms with Crippen LogP contribution in [0.4, 0.5) is 0 Å². The molecule has 0 aromatic rings. The lowest BCUT2D eigenvalue weighted by molar-refractivity contribution is 0.374. The third kappa shape index (κ3) is 0.859. The van der Waals surface area contributed by atoms with E-state index in [-0.39, 0.29) is 0 Å². The van der Waals surface area contributed by atoms with Crippen LogP contribution in [0, 0.1) is 5.92 Å². The molecule has 2 N–H and O–H groups in total. The lowest BCUT2D eigenvalue weighted by Gasteiger charge is -2.25. The van der Waals surface area contributed by atoms with E-state index < -0.39 is 0 Å². The van der Waals surface area contributed by atoms with E-state index in [4.69, 9.17) is 5.73 Å². The molecule has 0 atom stereocenters. The Labute approximate surface area is 61.6 Å². The average Bonchev–Trinajstić information content (AvgIpc) is 2.10. The van der Waals surface area contributed by atoms with Crippen molar-refractivity contribution in [1.82, 2.24) is 0 Å². The highest BCUT2D eigenvalue weighted by Gasteiger charge is 2.21. The Morgan fingerprint density at radius 3 is 2.60 bits per heavy atom. The van der Waals surface area contributed by atoms with Gasteiger partial charge in [0, 0.05) is 12.1 Å². The van der Waals surface area contributed by atoms with Crippen LogP contribution in [-0.2, 0) is 0 Å². The Hall–Kier alpha value is -0.720. The van der Waals surface area contributed by atoms with Crippen LogP contribution in [0.3, 0.4) is 0 Å². The van der Waals surface area contributed by atoms with Gasteiger partial charge in [-0.15, -0.1) is 0 Å². The first kappa shape index (κ1) is 6.02. The molecule has 1 saturated carbocycles. The molecule has 0 bridgehead atoms. The fraction of sp³-hybridized carbons (Fsp3) is 0.556. The maximum atomic E-state index is 5.65. The van der Waals surface area contributed by atoms with E-state index in [0.29, 0.717) is 0 Å². The molecule has 0 amide bonds. The van der Waals surface area contributed by atoms with Crippen molar-refractivity contribution in [3.8, 4) is 0 Å². The number of hydrogen-bond acceptors (Lipinski definition) is 1. The Kier molecular flexibility index (Phi) is 1.30. The third-order valence-corrected chi connectivity index (χ3v) is 2.50. The van der Waals surface area contributed by atoms with Crippen molar-refractivity contribution in [2.75, 3.05) is 0 Å². The Morgan fingerprint density at radius 1 is 1.40 bits per heavy atom. The second kappa shape index (κ2) is 2.15. The summed E-state index contributed by atoms with van der Waals surface area (Å²) in [7, 11) is 0. The van der Waals surface area contributed by atoms with E-state index in [1.165, 1.54) is 24.8 Å². The van der Waals surface area contributed by atoms with Crippen molar-refractivity contribution in [3.05, 3.63) is 23.4 Å². The lowest BCUT2D eigenvalue weighted by Crippen LogP contribution is -2.11. The normalized spacial score (nSPS) is 25.6. The van der Waals surface area contributed by atoms with Crippen LogP contribution >= 0.6 is 0 Å². The summed E-state index contributed by atoms with van der Waals surface area (Å²) in [6, 6.07) is 0. The molecule has 2 rings (SSSR count). The van der Waals surface area contributed by atoms with E-state index in [0.717, 1.165) is 18.0 Å². The molecule has 1 nitrogen and oxygen atoms in total. The number of nitrogens with two attached hydrogens (primary N) is 1. The van der Waals surface area contributed by atoms with Gasteiger partial charge in [-0.1, -0.05) is 12.5 Å². The third-order valence-electron chi connectivity index (χ3n) is 2.50. The Morgan fingerprint density at radius 2 is 2.20 bits per heavy atom. The summed E-state index contributed by atoms with van der Waals surface area (Å²) < 4.78 is 0. The molecule has 0 aromatic heterocycles. The zero-order valence-corrected chi connectivity index (χ0v) is 6.14. The highest BCUT2D eigenvalue weighted by Crippen LogP contribution is 2.36. The van der Waals surface area contributed by atoms with Crippen molar-refractivity contribution in [2.45, 2.75) is 25.7 Å². The number of rotatable bonds is 1. The second-order valence-corrected chi connectivity index (χ2v) is 3.26. The van der Waals surface area contributed by atoms with Crippen LogP contribution < -0.4 is 5.73 Å². The van der Waals surface area contributed by atoms with Crippen LogP contribution in [-0.4, -0.2) is 0 Å². The van der Waals surface area contributed by atoms with Gasteiger partial charge in [-0.05, 0) is 30.4 Å². The van der Waals surface area contributed by atoms with Crippen molar-refractivity contribution in [1.29, 1.82) is 0 Å². The van der Waals surface area contributed by atoms with Gasteiger partial charge < -0.3 is 5.73 Å². The van der Waals surface area contributed by atoms with Gasteiger partial charge in [0.25, 0.3) is 0 Å². The van der Waals surface area contributed by atoms with Crippen molar-refractivity contribution in [2.24, 2.45) is 11.7 Å². The summed E-state index contributed by atoms with van der Waals surface area (Å²) in [6.45, 7) is 0. The van der Waals surface area contributed by atoms with Crippen molar-refractivity contribution < 1.29 is 0 Å². The number of hydrogen-bond donors (Lipinski definition) is 1. The predicted molar refractivity (Wildman–Crippen MR) is 42.3 cm³/mol. The van der Waals surface area contributed by atoms with Crippen LogP contribution in [0.25, 0.3) is 0 Å². The van der Waals surface area contributed by atoms with Gasteiger partial charge in [0.15, 0.2) is 0 Å². The van der Waals surface area contributed by atoms with E-state index in [1.54, 1.807) is 0 Å². The molecule has 1 fully saturated rings. The summed E-state index contributed by atoms with van der Waals surface area (Å²) in [6.07, 6.45) is 9.61. The molecule has 0 saturated heterocycles. The van der Waals surface area contributed by atoms with Crippen LogP contribution in [0.5, 0.6) is 0 Å². The van der Waals surface area contributed by atoms with Crippen LogP contribution in [0.15, 0.2) is 23.4 Å². The minimum absolute atomic E-state index is 0.862. The molecule has 10 heavy (non-hydrogen) atoms. The summed E-state index contributed by atoms with van der Waals surface area (Å²) in [5, 5.41) is 0.